The van der Waals surface area contributed by atoms with Gasteiger partial charge in [0.2, 0.25) is 0 Å². The minimum absolute atomic E-state index is 0.123. The number of rotatable bonds is 0. The van der Waals surface area contributed by atoms with E-state index < -0.39 is 11.7 Å². The molecular formula is C8H6BrF3. The molecule has 0 amide bonds. The molecule has 0 saturated heterocycles. The van der Waals surface area contributed by atoms with Crippen LogP contribution in [-0.2, 0) is 6.18 Å². The van der Waals surface area contributed by atoms with Gasteiger partial charge in [0.25, 0.3) is 0 Å². The lowest BCUT2D eigenvalue weighted by Gasteiger charge is -2.09. The minimum atomic E-state index is -4.27. The van der Waals surface area contributed by atoms with Crippen molar-refractivity contribution in [2.45, 2.75) is 13.1 Å². The Hall–Kier alpha value is -0.510. The molecule has 0 bridgehead atoms. The highest BCUT2D eigenvalue weighted by Gasteiger charge is 2.32. The average Bonchev–Trinajstić information content (AvgIpc) is 1.92. The van der Waals surface area contributed by atoms with Crippen molar-refractivity contribution in [1.29, 1.82) is 0 Å². The van der Waals surface area contributed by atoms with Crippen molar-refractivity contribution in [3.05, 3.63) is 33.8 Å². The lowest BCUT2D eigenvalue weighted by Crippen LogP contribution is -2.06. The number of aryl methyl sites for hydroxylation is 1. The predicted molar refractivity (Wildman–Crippen MR) is 43.9 cm³/mol. The molecule has 0 atom stereocenters. The fourth-order valence-corrected chi connectivity index (χ4v) is 1.36. The Balaban J connectivity index is 3.26. The van der Waals surface area contributed by atoms with Gasteiger partial charge in [0.15, 0.2) is 0 Å². The number of hydrogen-bond acceptors (Lipinski definition) is 0. The van der Waals surface area contributed by atoms with E-state index in [0.29, 0.717) is 5.56 Å². The third-order valence-corrected chi connectivity index (χ3v) is 2.55. The van der Waals surface area contributed by atoms with Gasteiger partial charge in [0.1, 0.15) is 0 Å². The maximum absolute atomic E-state index is 12.2. The zero-order chi connectivity index (χ0) is 9.35. The van der Waals surface area contributed by atoms with Gasteiger partial charge in [-0.3, -0.25) is 0 Å². The summed E-state index contributed by atoms with van der Waals surface area (Å²) in [5.74, 6) is 0. The van der Waals surface area contributed by atoms with Crippen LogP contribution in [0.15, 0.2) is 22.7 Å². The second-order valence-corrected chi connectivity index (χ2v) is 3.23. The number of hydrogen-bond donors (Lipinski definition) is 0. The van der Waals surface area contributed by atoms with Gasteiger partial charge in [-0.15, -0.1) is 0 Å². The summed E-state index contributed by atoms with van der Waals surface area (Å²) >= 11 is 2.90. The molecule has 0 aliphatic rings. The Morgan fingerprint density at radius 3 is 2.25 bits per heavy atom. The molecule has 0 aromatic heterocycles. The molecule has 4 heteroatoms. The molecule has 0 radical (unpaired) electrons. The van der Waals surface area contributed by atoms with Crippen LogP contribution in [0.1, 0.15) is 11.1 Å². The summed E-state index contributed by atoms with van der Waals surface area (Å²) < 4.78 is 36.7. The van der Waals surface area contributed by atoms with E-state index in [9.17, 15) is 13.2 Å². The molecule has 0 aliphatic carbocycles. The molecule has 0 heterocycles. The highest BCUT2D eigenvalue weighted by Crippen LogP contribution is 2.35. The van der Waals surface area contributed by atoms with Crippen LogP contribution >= 0.6 is 15.9 Å². The molecule has 0 unspecified atom stereocenters. The maximum atomic E-state index is 12.2. The first kappa shape index (κ1) is 9.58. The van der Waals surface area contributed by atoms with Gasteiger partial charge in [0, 0.05) is 4.47 Å². The van der Waals surface area contributed by atoms with E-state index in [4.69, 9.17) is 0 Å². The van der Waals surface area contributed by atoms with Crippen LogP contribution in [0.5, 0.6) is 0 Å². The van der Waals surface area contributed by atoms with Gasteiger partial charge in [-0.2, -0.15) is 13.2 Å². The second kappa shape index (κ2) is 3.09. The number of halogens is 4. The summed E-state index contributed by atoms with van der Waals surface area (Å²) in [5.41, 5.74) is -0.0349. The van der Waals surface area contributed by atoms with Crippen molar-refractivity contribution in [2.24, 2.45) is 0 Å². The summed E-state index contributed by atoms with van der Waals surface area (Å²) in [5, 5.41) is 0. The summed E-state index contributed by atoms with van der Waals surface area (Å²) in [4.78, 5) is 0. The lowest BCUT2D eigenvalue weighted by molar-refractivity contribution is -0.138. The molecule has 0 aliphatic heterocycles. The fourth-order valence-electron chi connectivity index (χ4n) is 0.866. The summed E-state index contributed by atoms with van der Waals surface area (Å²) in [6.07, 6.45) is -4.27. The summed E-state index contributed by atoms with van der Waals surface area (Å²) in [6.45, 7) is 1.62. The first-order valence-corrected chi connectivity index (χ1v) is 4.04. The zero-order valence-corrected chi connectivity index (χ0v) is 7.83. The van der Waals surface area contributed by atoms with Crippen molar-refractivity contribution in [2.75, 3.05) is 0 Å². The fraction of sp³-hybridized carbons (Fsp3) is 0.250. The second-order valence-electron chi connectivity index (χ2n) is 2.43. The monoisotopic (exact) mass is 238 g/mol. The first-order valence-electron chi connectivity index (χ1n) is 3.25. The van der Waals surface area contributed by atoms with Gasteiger partial charge in [-0.25, -0.2) is 0 Å². The molecule has 1 aromatic rings. The van der Waals surface area contributed by atoms with Crippen LogP contribution in [0.25, 0.3) is 0 Å². The van der Waals surface area contributed by atoms with Crippen molar-refractivity contribution < 1.29 is 13.2 Å². The SMILES string of the molecule is Cc1cccc(C(F)(F)F)c1Br. The highest BCUT2D eigenvalue weighted by molar-refractivity contribution is 9.10. The van der Waals surface area contributed by atoms with Crippen LogP contribution in [0.4, 0.5) is 13.2 Å². The number of benzene rings is 1. The van der Waals surface area contributed by atoms with Crippen molar-refractivity contribution >= 4 is 15.9 Å². The highest BCUT2D eigenvalue weighted by atomic mass is 79.9. The number of alkyl halides is 3. The largest absolute Gasteiger partial charge is 0.417 e. The molecule has 0 saturated carbocycles. The maximum Gasteiger partial charge on any atom is 0.417 e. The third kappa shape index (κ3) is 1.80. The van der Waals surface area contributed by atoms with Gasteiger partial charge in [-0.1, -0.05) is 12.1 Å². The smallest absolute Gasteiger partial charge is 0.166 e. The summed E-state index contributed by atoms with van der Waals surface area (Å²) in [6, 6.07) is 4.07. The Kier molecular flexibility index (Phi) is 2.46. The minimum Gasteiger partial charge on any atom is -0.166 e. The van der Waals surface area contributed by atoms with E-state index >= 15 is 0 Å². The lowest BCUT2D eigenvalue weighted by atomic mass is 10.1. The van der Waals surface area contributed by atoms with Crippen LogP contribution in [0, 0.1) is 6.92 Å². The van der Waals surface area contributed by atoms with E-state index in [1.807, 2.05) is 0 Å². The van der Waals surface area contributed by atoms with E-state index in [1.54, 1.807) is 13.0 Å². The normalized spacial score (nSPS) is 11.8. The molecule has 0 fully saturated rings. The zero-order valence-electron chi connectivity index (χ0n) is 6.24. The molecule has 0 spiro atoms. The summed E-state index contributed by atoms with van der Waals surface area (Å²) in [7, 11) is 0. The first-order chi connectivity index (χ1) is 5.43. The molecule has 12 heavy (non-hydrogen) atoms. The van der Waals surface area contributed by atoms with E-state index in [1.165, 1.54) is 6.07 Å². The average molecular weight is 239 g/mol. The van der Waals surface area contributed by atoms with E-state index in [0.717, 1.165) is 6.07 Å². The Labute approximate surface area is 76.5 Å². The van der Waals surface area contributed by atoms with Crippen LogP contribution in [-0.4, -0.2) is 0 Å². The molecule has 66 valence electrons. The standard InChI is InChI=1S/C8H6BrF3/c1-5-3-2-4-6(7(5)9)8(10,11)12/h2-4H,1H3. The van der Waals surface area contributed by atoms with Crippen LogP contribution < -0.4 is 0 Å². The molecule has 1 rings (SSSR count). The Morgan fingerprint density at radius 1 is 1.25 bits per heavy atom. The quantitative estimate of drug-likeness (QED) is 0.646. The Morgan fingerprint density at radius 2 is 1.83 bits per heavy atom. The molecular weight excluding hydrogens is 233 g/mol. The molecule has 1 aromatic carbocycles. The molecule has 0 N–H and O–H groups in total. The van der Waals surface area contributed by atoms with Crippen LogP contribution in [0.2, 0.25) is 0 Å². The third-order valence-electron chi connectivity index (χ3n) is 1.50. The van der Waals surface area contributed by atoms with Crippen molar-refractivity contribution in [3.8, 4) is 0 Å². The van der Waals surface area contributed by atoms with Gasteiger partial charge in [0.05, 0.1) is 5.56 Å². The van der Waals surface area contributed by atoms with E-state index in [-0.39, 0.29) is 4.47 Å². The van der Waals surface area contributed by atoms with Gasteiger partial charge < -0.3 is 0 Å². The van der Waals surface area contributed by atoms with Crippen molar-refractivity contribution in [3.63, 3.8) is 0 Å². The molecule has 0 nitrogen and oxygen atoms in total. The van der Waals surface area contributed by atoms with Crippen LogP contribution in [0.3, 0.4) is 0 Å². The van der Waals surface area contributed by atoms with Gasteiger partial charge in [-0.05, 0) is 34.5 Å². The van der Waals surface area contributed by atoms with Gasteiger partial charge >= 0.3 is 6.18 Å². The Bertz CT molecular complexity index is 291. The predicted octanol–water partition coefficient (Wildman–Crippen LogP) is 3.78. The van der Waals surface area contributed by atoms with Crippen molar-refractivity contribution in [1.82, 2.24) is 0 Å². The topological polar surface area (TPSA) is 0 Å². The van der Waals surface area contributed by atoms with E-state index in [2.05, 4.69) is 15.9 Å².